The minimum absolute atomic E-state index is 0.168. The van der Waals surface area contributed by atoms with E-state index in [1.165, 1.54) is 6.42 Å². The lowest BCUT2D eigenvalue weighted by atomic mass is 10.0. The van der Waals surface area contributed by atoms with Gasteiger partial charge >= 0.3 is 0 Å². The molecule has 4 atom stereocenters. The van der Waals surface area contributed by atoms with Gasteiger partial charge in [0.15, 0.2) is 0 Å². The highest BCUT2D eigenvalue weighted by atomic mass is 16.7. The summed E-state index contributed by atoms with van der Waals surface area (Å²) >= 11 is 0. The zero-order chi connectivity index (χ0) is 12.5. The van der Waals surface area contributed by atoms with E-state index in [0.717, 1.165) is 25.9 Å². The molecular weight excluding hydrogens is 226 g/mol. The Bertz CT molecular complexity index is 258. The van der Waals surface area contributed by atoms with Gasteiger partial charge in [0.05, 0.1) is 13.2 Å². The molecule has 17 heavy (non-hydrogen) atoms. The van der Waals surface area contributed by atoms with Crippen LogP contribution in [0.5, 0.6) is 0 Å². The van der Waals surface area contributed by atoms with Crippen LogP contribution in [0.15, 0.2) is 0 Å². The van der Waals surface area contributed by atoms with Gasteiger partial charge in [-0.1, -0.05) is 6.42 Å². The molecule has 0 aromatic heterocycles. The average molecular weight is 247 g/mol. The number of piperidine rings is 1. The number of rotatable bonds is 3. The van der Waals surface area contributed by atoms with Crippen LogP contribution >= 0.6 is 0 Å². The van der Waals surface area contributed by atoms with Gasteiger partial charge in [-0.2, -0.15) is 0 Å². The van der Waals surface area contributed by atoms with Crippen molar-refractivity contribution in [1.29, 1.82) is 0 Å². The highest BCUT2D eigenvalue weighted by Crippen LogP contribution is 2.30. The molecule has 0 unspecified atom stereocenters. The molecule has 2 aliphatic heterocycles. The molecule has 0 aromatic rings. The molecule has 0 bridgehead atoms. The van der Waals surface area contributed by atoms with E-state index in [9.17, 15) is 15.3 Å². The molecule has 100 valence electrons. The zero-order valence-electron chi connectivity index (χ0n) is 9.83. The van der Waals surface area contributed by atoms with Crippen molar-refractivity contribution in [1.82, 2.24) is 4.90 Å². The molecular formula is C11H21NO5. The van der Waals surface area contributed by atoms with E-state index in [1.807, 2.05) is 4.90 Å². The first-order chi connectivity index (χ1) is 8.07. The lowest BCUT2D eigenvalue weighted by Gasteiger charge is -2.34. The van der Waals surface area contributed by atoms with Gasteiger partial charge in [-0.3, -0.25) is 4.90 Å². The SMILES string of the molecule is OC[C@@H]1O[C@@](O)(CN2CCCCC2)[C@@H](O)[C@@H]1O. The third kappa shape index (κ3) is 2.62. The van der Waals surface area contributed by atoms with Crippen molar-refractivity contribution in [2.45, 2.75) is 43.4 Å². The monoisotopic (exact) mass is 247 g/mol. The van der Waals surface area contributed by atoms with Crippen molar-refractivity contribution in [3.63, 3.8) is 0 Å². The van der Waals surface area contributed by atoms with Crippen LogP contribution < -0.4 is 0 Å². The summed E-state index contributed by atoms with van der Waals surface area (Å²) in [5, 5.41) is 38.6. The number of likely N-dealkylation sites (tertiary alicyclic amines) is 1. The summed E-state index contributed by atoms with van der Waals surface area (Å²) in [6.45, 7) is 1.47. The predicted octanol–water partition coefficient (Wildman–Crippen LogP) is -1.73. The first kappa shape index (κ1) is 13.2. The Morgan fingerprint density at radius 1 is 1.18 bits per heavy atom. The topological polar surface area (TPSA) is 93.4 Å². The predicted molar refractivity (Wildman–Crippen MR) is 59.2 cm³/mol. The second-order valence-electron chi connectivity index (χ2n) is 4.96. The molecule has 0 saturated carbocycles. The minimum atomic E-state index is -1.77. The van der Waals surface area contributed by atoms with Gasteiger partial charge < -0.3 is 25.2 Å². The molecule has 6 nitrogen and oxygen atoms in total. The minimum Gasteiger partial charge on any atom is -0.394 e. The van der Waals surface area contributed by atoms with Gasteiger partial charge in [-0.15, -0.1) is 0 Å². The van der Waals surface area contributed by atoms with Crippen LogP contribution in [0.1, 0.15) is 19.3 Å². The fourth-order valence-electron chi connectivity index (χ4n) is 2.59. The van der Waals surface area contributed by atoms with Crippen LogP contribution in [0.25, 0.3) is 0 Å². The molecule has 2 heterocycles. The second kappa shape index (κ2) is 5.17. The fraction of sp³-hybridized carbons (Fsp3) is 1.00. The molecule has 2 rings (SSSR count). The van der Waals surface area contributed by atoms with Crippen molar-refractivity contribution in [3.05, 3.63) is 0 Å². The van der Waals surface area contributed by atoms with Crippen LogP contribution in [-0.2, 0) is 4.74 Å². The highest BCUT2D eigenvalue weighted by molar-refractivity contribution is 4.97. The molecule has 0 aliphatic carbocycles. The largest absolute Gasteiger partial charge is 0.394 e. The van der Waals surface area contributed by atoms with Crippen LogP contribution in [-0.4, -0.2) is 75.7 Å². The van der Waals surface area contributed by atoms with Gasteiger partial charge in [0.1, 0.15) is 18.3 Å². The third-order valence-electron chi connectivity index (χ3n) is 3.60. The van der Waals surface area contributed by atoms with Crippen LogP contribution in [0.2, 0.25) is 0 Å². The van der Waals surface area contributed by atoms with E-state index in [4.69, 9.17) is 9.84 Å². The van der Waals surface area contributed by atoms with Gasteiger partial charge in [0, 0.05) is 0 Å². The summed E-state index contributed by atoms with van der Waals surface area (Å²) in [7, 11) is 0. The van der Waals surface area contributed by atoms with Crippen LogP contribution in [0.4, 0.5) is 0 Å². The first-order valence-corrected chi connectivity index (χ1v) is 6.16. The Kier molecular flexibility index (Phi) is 4.02. The van der Waals surface area contributed by atoms with Crippen molar-refractivity contribution >= 4 is 0 Å². The van der Waals surface area contributed by atoms with Crippen molar-refractivity contribution in [2.75, 3.05) is 26.2 Å². The Hall–Kier alpha value is -0.240. The summed E-state index contributed by atoms with van der Waals surface area (Å²) in [6.07, 6.45) is -0.215. The summed E-state index contributed by atoms with van der Waals surface area (Å²) in [4.78, 5) is 2.01. The summed E-state index contributed by atoms with van der Waals surface area (Å²) in [5.41, 5.74) is 0. The number of aliphatic hydroxyl groups excluding tert-OH is 3. The van der Waals surface area contributed by atoms with E-state index < -0.39 is 30.7 Å². The molecule has 0 aromatic carbocycles. The molecule has 6 heteroatoms. The van der Waals surface area contributed by atoms with E-state index >= 15 is 0 Å². The number of nitrogens with zero attached hydrogens (tertiary/aromatic N) is 1. The van der Waals surface area contributed by atoms with Gasteiger partial charge in [0.25, 0.3) is 0 Å². The summed E-state index contributed by atoms with van der Waals surface area (Å²) < 4.78 is 5.19. The van der Waals surface area contributed by atoms with Crippen LogP contribution in [0.3, 0.4) is 0 Å². The van der Waals surface area contributed by atoms with Gasteiger partial charge in [-0.25, -0.2) is 0 Å². The van der Waals surface area contributed by atoms with Crippen molar-refractivity contribution < 1.29 is 25.2 Å². The quantitative estimate of drug-likeness (QED) is 0.474. The number of aliphatic hydroxyl groups is 4. The van der Waals surface area contributed by atoms with E-state index in [2.05, 4.69) is 0 Å². The van der Waals surface area contributed by atoms with E-state index in [1.54, 1.807) is 0 Å². The molecule has 2 aliphatic rings. The zero-order valence-corrected chi connectivity index (χ0v) is 9.83. The Morgan fingerprint density at radius 2 is 1.82 bits per heavy atom. The Morgan fingerprint density at radius 3 is 2.35 bits per heavy atom. The number of ether oxygens (including phenoxy) is 1. The fourth-order valence-corrected chi connectivity index (χ4v) is 2.59. The molecule has 0 radical (unpaired) electrons. The average Bonchev–Trinajstić information content (AvgIpc) is 2.55. The molecule has 2 fully saturated rings. The molecule has 2 saturated heterocycles. The number of hydrogen-bond donors (Lipinski definition) is 4. The first-order valence-electron chi connectivity index (χ1n) is 6.16. The Balaban J connectivity index is 1.98. The van der Waals surface area contributed by atoms with Crippen molar-refractivity contribution in [3.8, 4) is 0 Å². The third-order valence-corrected chi connectivity index (χ3v) is 3.60. The van der Waals surface area contributed by atoms with E-state index in [-0.39, 0.29) is 6.54 Å². The maximum Gasteiger partial charge on any atom is 0.208 e. The van der Waals surface area contributed by atoms with Gasteiger partial charge in [0.2, 0.25) is 5.79 Å². The molecule has 4 N–H and O–H groups in total. The highest BCUT2D eigenvalue weighted by Gasteiger charge is 2.53. The summed E-state index contributed by atoms with van der Waals surface area (Å²) in [6, 6.07) is 0. The lowest BCUT2D eigenvalue weighted by Crippen LogP contribution is -2.52. The van der Waals surface area contributed by atoms with Crippen LogP contribution in [0, 0.1) is 0 Å². The molecule has 0 spiro atoms. The van der Waals surface area contributed by atoms with Gasteiger partial charge in [-0.05, 0) is 25.9 Å². The van der Waals surface area contributed by atoms with Crippen molar-refractivity contribution in [2.24, 2.45) is 0 Å². The van der Waals surface area contributed by atoms with E-state index in [0.29, 0.717) is 0 Å². The lowest BCUT2D eigenvalue weighted by molar-refractivity contribution is -0.239. The second-order valence-corrected chi connectivity index (χ2v) is 4.96. The normalized spacial score (nSPS) is 44.1. The number of hydrogen-bond acceptors (Lipinski definition) is 6. The summed E-state index contributed by atoms with van der Waals surface area (Å²) in [5.74, 6) is -1.77. The number of β-amino-alcohol motifs (C(OH)–C–C–N with tert-alkyl or cyclic N) is 1. The Labute approximate surface area is 100 Å². The standard InChI is InChI=1S/C11H21NO5/c13-6-8-9(14)10(15)11(16,17-8)7-12-4-2-1-3-5-12/h8-10,13-16H,1-7H2/t8-,9+,10-,11-/m0/s1. The molecule has 0 amide bonds. The smallest absolute Gasteiger partial charge is 0.208 e. The maximum atomic E-state index is 10.2. The maximum absolute atomic E-state index is 10.2.